The van der Waals surface area contributed by atoms with Crippen LogP contribution in [-0.4, -0.2) is 36.7 Å². The summed E-state index contributed by atoms with van der Waals surface area (Å²) in [6.07, 6.45) is 0.277. The largest absolute Gasteiger partial charge is 0.376 e. The number of nitriles is 1. The maximum Gasteiger partial charge on any atom is 0.0869 e. The molecule has 0 aromatic heterocycles. The second kappa shape index (κ2) is 3.70. The van der Waals surface area contributed by atoms with Gasteiger partial charge in [0.25, 0.3) is 0 Å². The van der Waals surface area contributed by atoms with Crippen molar-refractivity contribution in [2.45, 2.75) is 26.0 Å². The van der Waals surface area contributed by atoms with Crippen LogP contribution in [0.2, 0.25) is 0 Å². The summed E-state index contributed by atoms with van der Waals surface area (Å²) >= 11 is 0. The first-order valence-corrected chi connectivity index (χ1v) is 3.96. The molecule has 3 heteroatoms. The standard InChI is InChI=1S/C8H14N2O/c1-7-6-11-8(2)5-10(7)4-3-9/h7-8H,4-6H2,1-2H3/t7-,8-/m0/s1. The van der Waals surface area contributed by atoms with Crippen LogP contribution in [0.25, 0.3) is 0 Å². The minimum atomic E-state index is 0.277. The predicted molar refractivity (Wildman–Crippen MR) is 42.1 cm³/mol. The Morgan fingerprint density at radius 2 is 2.36 bits per heavy atom. The van der Waals surface area contributed by atoms with Gasteiger partial charge in [-0.3, -0.25) is 4.90 Å². The minimum absolute atomic E-state index is 0.277. The van der Waals surface area contributed by atoms with E-state index in [-0.39, 0.29) is 6.10 Å². The van der Waals surface area contributed by atoms with E-state index in [0.717, 1.165) is 13.2 Å². The lowest BCUT2D eigenvalue weighted by atomic mass is 10.2. The lowest BCUT2D eigenvalue weighted by Crippen LogP contribution is -2.47. The molecule has 0 spiro atoms. The van der Waals surface area contributed by atoms with Crippen LogP contribution in [-0.2, 0) is 4.74 Å². The van der Waals surface area contributed by atoms with E-state index < -0.39 is 0 Å². The normalized spacial score (nSPS) is 33.2. The molecule has 1 aliphatic heterocycles. The minimum Gasteiger partial charge on any atom is -0.376 e. The third kappa shape index (κ3) is 2.18. The molecule has 1 fully saturated rings. The molecular formula is C8H14N2O. The Bertz CT molecular complexity index is 164. The summed E-state index contributed by atoms with van der Waals surface area (Å²) in [5.41, 5.74) is 0. The topological polar surface area (TPSA) is 36.3 Å². The Labute approximate surface area is 67.6 Å². The maximum absolute atomic E-state index is 8.49. The summed E-state index contributed by atoms with van der Waals surface area (Å²) in [6.45, 7) is 6.28. The van der Waals surface area contributed by atoms with Crippen LogP contribution in [0.1, 0.15) is 13.8 Å². The van der Waals surface area contributed by atoms with Crippen molar-refractivity contribution >= 4 is 0 Å². The van der Waals surface area contributed by atoms with Gasteiger partial charge in [0.15, 0.2) is 0 Å². The van der Waals surface area contributed by atoms with Crippen LogP contribution >= 0.6 is 0 Å². The Balaban J connectivity index is 2.42. The third-order valence-electron chi connectivity index (χ3n) is 2.01. The molecule has 0 aromatic carbocycles. The average Bonchev–Trinajstić information content (AvgIpc) is 1.98. The molecule has 0 radical (unpaired) electrons. The molecule has 0 amide bonds. The van der Waals surface area contributed by atoms with Crippen molar-refractivity contribution in [2.75, 3.05) is 19.7 Å². The van der Waals surface area contributed by atoms with Crippen LogP contribution in [0.3, 0.4) is 0 Å². The Hall–Kier alpha value is -0.590. The molecule has 3 nitrogen and oxygen atoms in total. The van der Waals surface area contributed by atoms with E-state index in [0.29, 0.717) is 12.6 Å². The summed E-state index contributed by atoms with van der Waals surface area (Å²) in [5.74, 6) is 0. The summed E-state index contributed by atoms with van der Waals surface area (Å²) in [6, 6.07) is 2.55. The SMILES string of the molecule is C[C@H]1CN(CC#N)[C@@H](C)CO1. The van der Waals surface area contributed by atoms with Gasteiger partial charge in [-0.1, -0.05) is 0 Å². The lowest BCUT2D eigenvalue weighted by Gasteiger charge is -2.34. The lowest BCUT2D eigenvalue weighted by molar-refractivity contribution is -0.0441. The molecule has 0 aromatic rings. The first-order valence-electron chi connectivity index (χ1n) is 3.96. The monoisotopic (exact) mass is 154 g/mol. The molecule has 1 aliphatic rings. The smallest absolute Gasteiger partial charge is 0.0869 e. The molecule has 1 heterocycles. The molecule has 0 bridgehead atoms. The molecule has 0 N–H and O–H groups in total. The summed E-state index contributed by atoms with van der Waals surface area (Å²) in [5, 5.41) is 8.49. The van der Waals surface area contributed by atoms with E-state index in [1.54, 1.807) is 0 Å². The van der Waals surface area contributed by atoms with Crippen LogP contribution in [0.4, 0.5) is 0 Å². The first kappa shape index (κ1) is 8.51. The summed E-state index contributed by atoms with van der Waals surface area (Å²) in [7, 11) is 0. The third-order valence-corrected chi connectivity index (χ3v) is 2.01. The number of hydrogen-bond acceptors (Lipinski definition) is 3. The number of hydrogen-bond donors (Lipinski definition) is 0. The predicted octanol–water partition coefficient (Wildman–Crippen LogP) is 0.619. The van der Waals surface area contributed by atoms with Crippen molar-refractivity contribution in [2.24, 2.45) is 0 Å². The highest BCUT2D eigenvalue weighted by molar-refractivity contribution is 4.83. The van der Waals surface area contributed by atoms with Gasteiger partial charge in [-0.2, -0.15) is 5.26 Å². The fourth-order valence-electron chi connectivity index (χ4n) is 1.28. The Kier molecular flexibility index (Phi) is 2.86. The van der Waals surface area contributed by atoms with Crippen LogP contribution in [0.15, 0.2) is 0 Å². The molecule has 11 heavy (non-hydrogen) atoms. The number of ether oxygens (including phenoxy) is 1. The van der Waals surface area contributed by atoms with Gasteiger partial charge < -0.3 is 4.74 Å². The zero-order valence-corrected chi connectivity index (χ0v) is 7.08. The van der Waals surface area contributed by atoms with Gasteiger partial charge >= 0.3 is 0 Å². The van der Waals surface area contributed by atoms with Gasteiger partial charge in [-0.15, -0.1) is 0 Å². The molecule has 1 saturated heterocycles. The van der Waals surface area contributed by atoms with Crippen molar-refractivity contribution < 1.29 is 4.74 Å². The maximum atomic E-state index is 8.49. The fraction of sp³-hybridized carbons (Fsp3) is 0.875. The van der Waals surface area contributed by atoms with Gasteiger partial charge in [0.2, 0.25) is 0 Å². The second-order valence-corrected chi connectivity index (χ2v) is 3.08. The van der Waals surface area contributed by atoms with Crippen molar-refractivity contribution in [3.63, 3.8) is 0 Å². The zero-order chi connectivity index (χ0) is 8.27. The molecular weight excluding hydrogens is 140 g/mol. The number of nitrogens with zero attached hydrogens (tertiary/aromatic N) is 2. The quantitative estimate of drug-likeness (QED) is 0.519. The van der Waals surface area contributed by atoms with E-state index in [4.69, 9.17) is 10.00 Å². The van der Waals surface area contributed by atoms with Gasteiger partial charge in [-0.25, -0.2) is 0 Å². The second-order valence-electron chi connectivity index (χ2n) is 3.08. The van der Waals surface area contributed by atoms with Gasteiger partial charge in [-0.05, 0) is 13.8 Å². The summed E-state index contributed by atoms with van der Waals surface area (Å²) in [4.78, 5) is 2.15. The number of morpholine rings is 1. The zero-order valence-electron chi connectivity index (χ0n) is 7.08. The van der Waals surface area contributed by atoms with E-state index in [1.165, 1.54) is 0 Å². The van der Waals surface area contributed by atoms with Gasteiger partial charge in [0, 0.05) is 12.6 Å². The highest BCUT2D eigenvalue weighted by Crippen LogP contribution is 2.09. The highest BCUT2D eigenvalue weighted by Gasteiger charge is 2.22. The molecule has 0 saturated carbocycles. The van der Waals surface area contributed by atoms with Crippen LogP contribution in [0.5, 0.6) is 0 Å². The van der Waals surface area contributed by atoms with Crippen molar-refractivity contribution in [1.82, 2.24) is 4.90 Å². The fourth-order valence-corrected chi connectivity index (χ4v) is 1.28. The van der Waals surface area contributed by atoms with E-state index in [2.05, 4.69) is 17.9 Å². The summed E-state index contributed by atoms with van der Waals surface area (Å²) < 4.78 is 5.42. The molecule has 0 aliphatic carbocycles. The molecule has 62 valence electrons. The molecule has 1 rings (SSSR count). The Morgan fingerprint density at radius 1 is 1.64 bits per heavy atom. The van der Waals surface area contributed by atoms with Crippen LogP contribution in [0, 0.1) is 11.3 Å². The van der Waals surface area contributed by atoms with Gasteiger partial charge in [0.05, 0.1) is 25.3 Å². The van der Waals surface area contributed by atoms with Crippen molar-refractivity contribution in [3.05, 3.63) is 0 Å². The van der Waals surface area contributed by atoms with Crippen LogP contribution < -0.4 is 0 Å². The van der Waals surface area contributed by atoms with E-state index >= 15 is 0 Å². The van der Waals surface area contributed by atoms with Crippen molar-refractivity contribution in [3.8, 4) is 6.07 Å². The van der Waals surface area contributed by atoms with E-state index in [9.17, 15) is 0 Å². The molecule has 2 atom stereocenters. The first-order chi connectivity index (χ1) is 5.24. The number of rotatable bonds is 1. The van der Waals surface area contributed by atoms with Crippen molar-refractivity contribution in [1.29, 1.82) is 5.26 Å². The Morgan fingerprint density at radius 3 is 3.00 bits per heavy atom. The van der Waals surface area contributed by atoms with E-state index in [1.807, 2.05) is 6.92 Å². The molecule has 0 unspecified atom stereocenters. The highest BCUT2D eigenvalue weighted by atomic mass is 16.5. The average molecular weight is 154 g/mol. The van der Waals surface area contributed by atoms with Gasteiger partial charge in [0.1, 0.15) is 0 Å².